The molecule has 0 aromatic rings. The number of hydrogen-bond acceptors (Lipinski definition) is 0. The summed E-state index contributed by atoms with van der Waals surface area (Å²) in [4.78, 5) is 0. The highest BCUT2D eigenvalue weighted by Crippen LogP contribution is 2.33. The Morgan fingerprint density at radius 3 is 2.33 bits per heavy atom. The summed E-state index contributed by atoms with van der Waals surface area (Å²) in [5, 5.41) is 0. The van der Waals surface area contributed by atoms with E-state index in [9.17, 15) is 0 Å². The maximum atomic E-state index is 3.13. The summed E-state index contributed by atoms with van der Waals surface area (Å²) in [5.74, 6) is 7.08. The molecule has 0 heteroatoms. The Morgan fingerprint density at radius 2 is 2.00 bits per heavy atom. The first-order valence-corrected chi connectivity index (χ1v) is 3.70. The molecule has 0 aromatic carbocycles. The third kappa shape index (κ3) is 1.75. The van der Waals surface area contributed by atoms with E-state index in [0.717, 1.165) is 5.92 Å². The van der Waals surface area contributed by atoms with Gasteiger partial charge in [-0.1, -0.05) is 32.1 Å². The summed E-state index contributed by atoms with van der Waals surface area (Å²) < 4.78 is 0. The Kier molecular flexibility index (Phi) is 1.53. The van der Waals surface area contributed by atoms with Gasteiger partial charge in [0.15, 0.2) is 0 Å². The van der Waals surface area contributed by atoms with Crippen molar-refractivity contribution in [1.29, 1.82) is 0 Å². The summed E-state index contributed by atoms with van der Waals surface area (Å²) in [6.07, 6.45) is 2.52. The molecule has 1 aliphatic rings. The molecule has 0 saturated heterocycles. The largest absolute Gasteiger partial charge is 0.0894 e. The third-order valence-corrected chi connectivity index (χ3v) is 2.01. The van der Waals surface area contributed by atoms with E-state index in [-0.39, 0.29) is 5.41 Å². The van der Waals surface area contributed by atoms with Crippen molar-refractivity contribution in [2.24, 2.45) is 11.3 Å². The molecule has 0 amide bonds. The molecular weight excluding hydrogens is 108 g/mol. The summed E-state index contributed by atoms with van der Waals surface area (Å²) in [6.45, 7) is 6.71. The van der Waals surface area contributed by atoms with Crippen LogP contribution in [0.2, 0.25) is 0 Å². The first-order chi connectivity index (χ1) is 4.16. The van der Waals surface area contributed by atoms with E-state index in [1.54, 1.807) is 0 Å². The van der Waals surface area contributed by atoms with Crippen LogP contribution < -0.4 is 0 Å². The summed E-state index contributed by atoms with van der Waals surface area (Å²) >= 11 is 0. The lowest BCUT2D eigenvalue weighted by Crippen LogP contribution is -2.05. The second kappa shape index (κ2) is 2.06. The van der Waals surface area contributed by atoms with Crippen molar-refractivity contribution in [3.63, 3.8) is 0 Å². The van der Waals surface area contributed by atoms with Gasteiger partial charge in [-0.2, -0.15) is 0 Å². The molecular formula is C9H14. The van der Waals surface area contributed by atoms with Crippen molar-refractivity contribution >= 4 is 0 Å². The van der Waals surface area contributed by atoms with E-state index in [2.05, 4.69) is 32.6 Å². The van der Waals surface area contributed by atoms with Crippen molar-refractivity contribution < 1.29 is 0 Å². The van der Waals surface area contributed by atoms with Crippen LogP contribution in [0.15, 0.2) is 0 Å². The van der Waals surface area contributed by atoms with Crippen LogP contribution in [0.1, 0.15) is 33.6 Å². The predicted octanol–water partition coefficient (Wildman–Crippen LogP) is 2.45. The molecule has 9 heavy (non-hydrogen) atoms. The fourth-order valence-electron chi connectivity index (χ4n) is 1.05. The molecule has 1 atom stereocenters. The zero-order valence-corrected chi connectivity index (χ0v) is 6.49. The highest BCUT2D eigenvalue weighted by molar-refractivity contribution is 5.38. The molecule has 0 fully saturated rings. The summed E-state index contributed by atoms with van der Waals surface area (Å²) in [7, 11) is 0. The van der Waals surface area contributed by atoms with E-state index >= 15 is 0 Å². The lowest BCUT2D eigenvalue weighted by molar-refractivity contribution is 0.426. The summed E-state index contributed by atoms with van der Waals surface area (Å²) in [5.41, 5.74) is 0.273. The quantitative estimate of drug-likeness (QED) is 0.504. The molecule has 50 valence electrons. The Labute approximate surface area is 57.7 Å². The van der Waals surface area contributed by atoms with Gasteiger partial charge in [0.25, 0.3) is 0 Å². The van der Waals surface area contributed by atoms with Crippen molar-refractivity contribution in [1.82, 2.24) is 0 Å². The molecule has 0 saturated carbocycles. The van der Waals surface area contributed by atoms with Gasteiger partial charge < -0.3 is 0 Å². The van der Waals surface area contributed by atoms with Crippen molar-refractivity contribution in [3.8, 4) is 11.8 Å². The number of hydrogen-bond donors (Lipinski definition) is 0. The normalized spacial score (nSPS) is 22.1. The van der Waals surface area contributed by atoms with Gasteiger partial charge in [-0.05, 0) is 19.3 Å². The van der Waals surface area contributed by atoms with Gasteiger partial charge in [0.05, 0.1) is 5.41 Å². The second-order valence-electron chi connectivity index (χ2n) is 3.30. The van der Waals surface area contributed by atoms with Gasteiger partial charge in [0.1, 0.15) is 0 Å². The molecule has 0 heterocycles. The van der Waals surface area contributed by atoms with Crippen molar-refractivity contribution in [2.75, 3.05) is 0 Å². The Hall–Kier alpha value is -0.440. The van der Waals surface area contributed by atoms with Crippen LogP contribution in [-0.4, -0.2) is 0 Å². The average molecular weight is 122 g/mol. The monoisotopic (exact) mass is 122 g/mol. The fourth-order valence-corrected chi connectivity index (χ4v) is 1.05. The first kappa shape index (κ1) is 6.68. The molecule has 0 nitrogen and oxygen atoms in total. The molecule has 0 radical (unpaired) electrons. The Bertz CT molecular complexity index is 149. The molecule has 0 bridgehead atoms. The maximum Gasteiger partial charge on any atom is 0.0894 e. The van der Waals surface area contributed by atoms with E-state index in [1.807, 2.05) is 0 Å². The minimum atomic E-state index is 0.273. The zero-order valence-electron chi connectivity index (χ0n) is 6.49. The Morgan fingerprint density at radius 1 is 1.44 bits per heavy atom. The van der Waals surface area contributed by atoms with E-state index in [1.165, 1.54) is 12.8 Å². The maximum absolute atomic E-state index is 3.13. The van der Waals surface area contributed by atoms with Crippen LogP contribution in [0.5, 0.6) is 0 Å². The van der Waals surface area contributed by atoms with Crippen LogP contribution in [-0.2, 0) is 0 Å². The predicted molar refractivity (Wildman–Crippen MR) is 40.0 cm³/mol. The first-order valence-electron chi connectivity index (χ1n) is 3.70. The minimum Gasteiger partial charge on any atom is -0.0821 e. The highest BCUT2D eigenvalue weighted by Gasteiger charge is 2.28. The van der Waals surface area contributed by atoms with Gasteiger partial charge in [0.2, 0.25) is 0 Å². The minimum absolute atomic E-state index is 0.273. The van der Waals surface area contributed by atoms with Crippen LogP contribution in [0.25, 0.3) is 0 Å². The highest BCUT2D eigenvalue weighted by atomic mass is 14.3. The van der Waals surface area contributed by atoms with Gasteiger partial charge in [-0.15, -0.1) is 0 Å². The average Bonchev–Trinajstić information content (AvgIpc) is 2.48. The molecule has 0 aromatic heterocycles. The Balaban J connectivity index is 2.18. The summed E-state index contributed by atoms with van der Waals surface area (Å²) in [6, 6.07) is 0. The van der Waals surface area contributed by atoms with Crippen LogP contribution in [0, 0.1) is 23.2 Å². The third-order valence-electron chi connectivity index (χ3n) is 2.01. The smallest absolute Gasteiger partial charge is 0.0821 e. The lowest BCUT2D eigenvalue weighted by atomic mass is 9.91. The zero-order chi connectivity index (χ0) is 6.91. The molecule has 1 rings (SSSR count). The van der Waals surface area contributed by atoms with Crippen LogP contribution >= 0.6 is 0 Å². The standard InChI is InChI=1S/C9H14/c1-4-8(2)7-9(3)5-6-9/h8H,4,7H2,1-3H3. The molecule has 0 N–H and O–H groups in total. The van der Waals surface area contributed by atoms with Gasteiger partial charge in [-0.25, -0.2) is 0 Å². The molecule has 0 aliphatic heterocycles. The van der Waals surface area contributed by atoms with E-state index in [0.29, 0.717) is 0 Å². The number of rotatable bonds is 3. The van der Waals surface area contributed by atoms with E-state index in [4.69, 9.17) is 0 Å². The van der Waals surface area contributed by atoms with E-state index < -0.39 is 0 Å². The van der Waals surface area contributed by atoms with Crippen LogP contribution in [0.3, 0.4) is 0 Å². The van der Waals surface area contributed by atoms with Crippen LogP contribution in [0.4, 0.5) is 0 Å². The van der Waals surface area contributed by atoms with Crippen molar-refractivity contribution in [3.05, 3.63) is 0 Å². The van der Waals surface area contributed by atoms with Gasteiger partial charge in [-0.3, -0.25) is 0 Å². The lowest BCUT2D eigenvalue weighted by Gasteiger charge is -2.11. The van der Waals surface area contributed by atoms with Crippen molar-refractivity contribution in [2.45, 2.75) is 33.6 Å². The van der Waals surface area contributed by atoms with Gasteiger partial charge >= 0.3 is 0 Å². The topological polar surface area (TPSA) is 0 Å². The molecule has 1 aliphatic carbocycles. The molecule has 0 spiro atoms. The fraction of sp³-hybridized carbons (Fsp3) is 0.778. The SMILES string of the molecule is CCC(C)CC1(C)C#C1. The second-order valence-corrected chi connectivity index (χ2v) is 3.30. The molecule has 1 unspecified atom stereocenters. The van der Waals surface area contributed by atoms with Gasteiger partial charge in [0, 0.05) is 0 Å².